The molecule has 5 heteroatoms. The Kier molecular flexibility index (Phi) is 3.99. The van der Waals surface area contributed by atoms with Crippen molar-refractivity contribution in [2.24, 2.45) is 11.1 Å². The van der Waals surface area contributed by atoms with Crippen molar-refractivity contribution in [3.8, 4) is 0 Å². The summed E-state index contributed by atoms with van der Waals surface area (Å²) in [5.41, 5.74) is 8.28. The van der Waals surface area contributed by atoms with Crippen molar-refractivity contribution in [3.63, 3.8) is 0 Å². The Morgan fingerprint density at radius 1 is 1.47 bits per heavy atom. The number of rotatable bonds is 2. The molecule has 2 rings (SSSR count). The van der Waals surface area contributed by atoms with E-state index in [1.54, 1.807) is 0 Å². The zero-order valence-corrected chi connectivity index (χ0v) is 13.0. The van der Waals surface area contributed by atoms with Crippen LogP contribution in [0.4, 0.5) is 5.69 Å². The van der Waals surface area contributed by atoms with E-state index in [-0.39, 0.29) is 11.9 Å². The van der Waals surface area contributed by atoms with Gasteiger partial charge in [-0.05, 0) is 44.0 Å². The van der Waals surface area contributed by atoms with Crippen LogP contribution in [0.2, 0.25) is 0 Å². The Bertz CT molecular complexity index is 495. The quantitative estimate of drug-likeness (QED) is 0.876. The molecule has 0 spiro atoms. The molecule has 3 N–H and O–H groups in total. The number of carbonyl (C=O) groups is 1. The van der Waals surface area contributed by atoms with E-state index < -0.39 is 5.41 Å². The SMILES string of the molecule is Cc1cc(NC(=O)C2(C)COCC2N)cc(C)c1Br. The largest absolute Gasteiger partial charge is 0.379 e. The molecule has 1 aliphatic heterocycles. The van der Waals surface area contributed by atoms with Crippen molar-refractivity contribution in [1.29, 1.82) is 0 Å². The van der Waals surface area contributed by atoms with Crippen LogP contribution in [0.25, 0.3) is 0 Å². The second-order valence-corrected chi connectivity index (χ2v) is 6.21. The highest BCUT2D eigenvalue weighted by atomic mass is 79.9. The third-order valence-corrected chi connectivity index (χ3v) is 4.98. The fourth-order valence-corrected chi connectivity index (χ4v) is 2.44. The highest BCUT2D eigenvalue weighted by Crippen LogP contribution is 2.30. The maximum Gasteiger partial charge on any atom is 0.234 e. The Labute approximate surface area is 121 Å². The van der Waals surface area contributed by atoms with Crippen LogP contribution in [0.1, 0.15) is 18.1 Å². The monoisotopic (exact) mass is 326 g/mol. The summed E-state index contributed by atoms with van der Waals surface area (Å²) in [5.74, 6) is -0.0846. The van der Waals surface area contributed by atoms with Gasteiger partial charge < -0.3 is 15.8 Å². The van der Waals surface area contributed by atoms with E-state index in [0.717, 1.165) is 21.3 Å². The lowest BCUT2D eigenvalue weighted by molar-refractivity contribution is -0.125. The molecule has 0 bridgehead atoms. The standard InChI is InChI=1S/C14H19BrN2O2/c1-8-4-10(5-9(2)12(8)15)17-13(18)14(3)7-19-6-11(14)16/h4-5,11H,6-7,16H2,1-3H3,(H,17,18). The first-order valence-electron chi connectivity index (χ1n) is 6.26. The number of halogens is 1. The molecule has 1 aromatic rings. The molecule has 2 atom stereocenters. The van der Waals surface area contributed by atoms with Gasteiger partial charge >= 0.3 is 0 Å². The molecule has 1 aromatic carbocycles. The number of anilines is 1. The van der Waals surface area contributed by atoms with Crippen LogP contribution in [0.3, 0.4) is 0 Å². The fourth-order valence-electron chi connectivity index (χ4n) is 2.21. The summed E-state index contributed by atoms with van der Waals surface area (Å²) >= 11 is 3.51. The van der Waals surface area contributed by atoms with Gasteiger partial charge in [-0.2, -0.15) is 0 Å². The third kappa shape index (κ3) is 2.68. The average Bonchev–Trinajstić information content (AvgIpc) is 2.68. The minimum absolute atomic E-state index is 0.0846. The van der Waals surface area contributed by atoms with Gasteiger partial charge in [-0.1, -0.05) is 15.9 Å². The minimum atomic E-state index is -0.658. The van der Waals surface area contributed by atoms with Gasteiger partial charge in [-0.15, -0.1) is 0 Å². The molecule has 0 aliphatic carbocycles. The number of ether oxygens (including phenoxy) is 1. The van der Waals surface area contributed by atoms with Crippen molar-refractivity contribution >= 4 is 27.5 Å². The van der Waals surface area contributed by atoms with Crippen LogP contribution >= 0.6 is 15.9 Å². The summed E-state index contributed by atoms with van der Waals surface area (Å²) in [6.07, 6.45) is 0. The van der Waals surface area contributed by atoms with Crippen molar-refractivity contribution < 1.29 is 9.53 Å². The van der Waals surface area contributed by atoms with Gasteiger partial charge in [0.1, 0.15) is 0 Å². The van der Waals surface area contributed by atoms with Crippen LogP contribution in [-0.2, 0) is 9.53 Å². The number of nitrogens with two attached hydrogens (primary N) is 1. The Hall–Kier alpha value is -0.910. The predicted molar refractivity (Wildman–Crippen MR) is 79.1 cm³/mol. The first kappa shape index (κ1) is 14.5. The van der Waals surface area contributed by atoms with Gasteiger partial charge in [0, 0.05) is 16.2 Å². The summed E-state index contributed by atoms with van der Waals surface area (Å²) < 4.78 is 6.37. The summed E-state index contributed by atoms with van der Waals surface area (Å²) in [5, 5.41) is 2.94. The van der Waals surface area contributed by atoms with Crippen LogP contribution in [0.5, 0.6) is 0 Å². The first-order chi connectivity index (χ1) is 8.84. The summed E-state index contributed by atoms with van der Waals surface area (Å²) in [7, 11) is 0. The molecule has 19 heavy (non-hydrogen) atoms. The molecule has 1 heterocycles. The zero-order valence-electron chi connectivity index (χ0n) is 11.4. The number of aryl methyl sites for hydroxylation is 2. The molecule has 0 radical (unpaired) electrons. The molecule has 1 amide bonds. The maximum absolute atomic E-state index is 12.4. The third-order valence-electron chi connectivity index (χ3n) is 3.73. The first-order valence-corrected chi connectivity index (χ1v) is 7.05. The lowest BCUT2D eigenvalue weighted by Crippen LogP contribution is -2.47. The van der Waals surface area contributed by atoms with Crippen molar-refractivity contribution in [2.45, 2.75) is 26.8 Å². The zero-order chi connectivity index (χ0) is 14.2. The Morgan fingerprint density at radius 3 is 2.53 bits per heavy atom. The van der Waals surface area contributed by atoms with Gasteiger partial charge in [0.05, 0.1) is 18.6 Å². The van der Waals surface area contributed by atoms with E-state index in [0.29, 0.717) is 13.2 Å². The topological polar surface area (TPSA) is 64.3 Å². The minimum Gasteiger partial charge on any atom is -0.379 e. The van der Waals surface area contributed by atoms with E-state index in [4.69, 9.17) is 10.5 Å². The summed E-state index contributed by atoms with van der Waals surface area (Å²) in [6, 6.07) is 3.63. The molecule has 1 aliphatic rings. The van der Waals surface area contributed by atoms with Gasteiger partial charge in [0.25, 0.3) is 0 Å². The lowest BCUT2D eigenvalue weighted by Gasteiger charge is -2.25. The highest BCUT2D eigenvalue weighted by molar-refractivity contribution is 9.10. The molecule has 104 valence electrons. The summed E-state index contributed by atoms with van der Waals surface area (Å²) in [6.45, 7) is 6.65. The van der Waals surface area contributed by atoms with Crippen LogP contribution in [-0.4, -0.2) is 25.2 Å². The number of nitrogens with one attached hydrogen (secondary N) is 1. The molecule has 1 fully saturated rings. The Morgan fingerprint density at radius 2 is 2.05 bits per heavy atom. The lowest BCUT2D eigenvalue weighted by atomic mass is 9.84. The molecule has 1 saturated heterocycles. The number of benzene rings is 1. The van der Waals surface area contributed by atoms with Gasteiger partial charge in [-0.25, -0.2) is 0 Å². The Balaban J connectivity index is 2.20. The molecule has 0 saturated carbocycles. The number of hydrogen-bond donors (Lipinski definition) is 2. The average molecular weight is 327 g/mol. The van der Waals surface area contributed by atoms with Gasteiger partial charge in [-0.3, -0.25) is 4.79 Å². The molecule has 2 unspecified atom stereocenters. The van der Waals surface area contributed by atoms with Crippen LogP contribution in [0.15, 0.2) is 16.6 Å². The normalized spacial score (nSPS) is 26.5. The number of hydrogen-bond acceptors (Lipinski definition) is 3. The summed E-state index contributed by atoms with van der Waals surface area (Å²) in [4.78, 5) is 12.4. The number of carbonyl (C=O) groups excluding carboxylic acids is 1. The van der Waals surface area contributed by atoms with Crippen LogP contribution in [0, 0.1) is 19.3 Å². The second-order valence-electron chi connectivity index (χ2n) is 5.42. The molecular formula is C14H19BrN2O2. The van der Waals surface area contributed by atoms with E-state index in [1.807, 2.05) is 32.9 Å². The molecule has 0 aromatic heterocycles. The molecule has 4 nitrogen and oxygen atoms in total. The van der Waals surface area contributed by atoms with Crippen LogP contribution < -0.4 is 11.1 Å². The van der Waals surface area contributed by atoms with Crippen molar-refractivity contribution in [2.75, 3.05) is 18.5 Å². The predicted octanol–water partition coefficient (Wildman–Crippen LogP) is 2.37. The smallest absolute Gasteiger partial charge is 0.234 e. The van der Waals surface area contributed by atoms with Crippen molar-refractivity contribution in [3.05, 3.63) is 27.7 Å². The van der Waals surface area contributed by atoms with Gasteiger partial charge in [0.15, 0.2) is 0 Å². The molecular weight excluding hydrogens is 308 g/mol. The van der Waals surface area contributed by atoms with E-state index in [9.17, 15) is 4.79 Å². The number of amides is 1. The maximum atomic E-state index is 12.4. The van der Waals surface area contributed by atoms with E-state index in [1.165, 1.54) is 0 Å². The fraction of sp³-hybridized carbons (Fsp3) is 0.500. The van der Waals surface area contributed by atoms with E-state index in [2.05, 4.69) is 21.2 Å². The van der Waals surface area contributed by atoms with Crippen molar-refractivity contribution in [1.82, 2.24) is 0 Å². The second kappa shape index (κ2) is 5.23. The highest BCUT2D eigenvalue weighted by Gasteiger charge is 2.44. The van der Waals surface area contributed by atoms with E-state index >= 15 is 0 Å². The van der Waals surface area contributed by atoms with Gasteiger partial charge in [0.2, 0.25) is 5.91 Å².